The Bertz CT molecular complexity index is 5030. The molecule has 2 nitrogen and oxygen atoms in total. The van der Waals surface area contributed by atoms with Gasteiger partial charge >= 0.3 is 0 Å². The van der Waals surface area contributed by atoms with E-state index in [2.05, 4.69) is 359 Å². The zero-order valence-corrected chi connectivity index (χ0v) is 58.6. The van der Waals surface area contributed by atoms with Crippen molar-refractivity contribution in [3.63, 3.8) is 0 Å². The number of nitrogens with one attached hydrogen (secondary N) is 2. The zero-order valence-electron chi connectivity index (χ0n) is 56.6. The summed E-state index contributed by atoms with van der Waals surface area (Å²) >= 11 is 0. The summed E-state index contributed by atoms with van der Waals surface area (Å²) in [6, 6.07) is 90.1. The van der Waals surface area contributed by atoms with Crippen LogP contribution in [0, 0.1) is 22.9 Å². The van der Waals surface area contributed by atoms with E-state index in [1.165, 1.54) is 108 Å². The lowest BCUT2D eigenvalue weighted by Crippen LogP contribution is -2.43. The Labute approximate surface area is 558 Å². The maximum Gasteiger partial charge on any atom is 0.146 e. The van der Waals surface area contributed by atoms with Crippen LogP contribution in [0.25, 0.3) is 120 Å². The molecule has 94 heavy (non-hydrogen) atoms. The first-order valence-electron chi connectivity index (χ1n) is 34.1. The van der Waals surface area contributed by atoms with Crippen molar-refractivity contribution in [2.45, 2.75) is 116 Å². The Morgan fingerprint density at radius 1 is 0.245 bits per heavy atom. The fourth-order valence-electron chi connectivity index (χ4n) is 16.9. The van der Waals surface area contributed by atoms with Crippen LogP contribution in [-0.2, 0) is 0 Å². The van der Waals surface area contributed by atoms with Crippen molar-refractivity contribution in [1.82, 2.24) is 0 Å². The highest BCUT2D eigenvalue weighted by molar-refractivity contribution is 6.91. The van der Waals surface area contributed by atoms with Gasteiger partial charge in [-0.15, -0.1) is 11.1 Å². The van der Waals surface area contributed by atoms with Gasteiger partial charge in [0.05, 0.1) is 0 Å². The predicted molar refractivity (Wildman–Crippen MR) is 418 cm³/mol. The molecule has 14 aromatic carbocycles. The molecule has 0 saturated heterocycles. The molecule has 0 aromatic heterocycles. The molecule has 14 aromatic rings. The third kappa shape index (κ3) is 10.6. The van der Waals surface area contributed by atoms with Crippen LogP contribution in [0.1, 0.15) is 94.2 Å². The van der Waals surface area contributed by atoms with Crippen molar-refractivity contribution in [1.29, 1.82) is 0 Å². The lowest BCUT2D eigenvalue weighted by molar-refractivity contribution is 0.838. The number of hydrogen-bond acceptors (Lipinski definition) is 2. The minimum Gasteiger partial charge on any atom is -0.355 e. The van der Waals surface area contributed by atoms with Crippen LogP contribution in [-0.4, -0.2) is 16.1 Å². The van der Waals surface area contributed by atoms with Crippen LogP contribution in [0.15, 0.2) is 243 Å². The molecule has 0 atom stereocenters. The summed E-state index contributed by atoms with van der Waals surface area (Å²) in [4.78, 5) is 0. The molecule has 0 aliphatic rings. The molecule has 0 aliphatic heterocycles. The number of fused-ring (bicyclic) bond motifs is 8. The monoisotopic (exact) mass is 1250 g/mol. The molecule has 462 valence electrons. The average Bonchev–Trinajstić information content (AvgIpc) is 0.844. The van der Waals surface area contributed by atoms with E-state index >= 15 is 0 Å². The predicted octanol–water partition coefficient (Wildman–Crippen LogP) is 26.5. The van der Waals surface area contributed by atoms with Gasteiger partial charge in [0.2, 0.25) is 0 Å². The van der Waals surface area contributed by atoms with E-state index < -0.39 is 16.1 Å². The van der Waals surface area contributed by atoms with Gasteiger partial charge in [-0.3, -0.25) is 0 Å². The lowest BCUT2D eigenvalue weighted by atomic mass is 9.87. The molecule has 0 saturated carbocycles. The fraction of sp³-hybridized carbons (Fsp3) is 0.200. The van der Waals surface area contributed by atoms with Gasteiger partial charge < -0.3 is 10.6 Å². The molecule has 0 aliphatic carbocycles. The van der Waals surface area contributed by atoms with Gasteiger partial charge in [-0.2, -0.15) is 0 Å². The number of anilines is 4. The summed E-state index contributed by atoms with van der Waals surface area (Å²) in [5.74, 6) is 7.98. The van der Waals surface area contributed by atoms with E-state index in [1.54, 1.807) is 0 Å². The van der Waals surface area contributed by atoms with Crippen LogP contribution in [0.2, 0.25) is 33.2 Å². The topological polar surface area (TPSA) is 24.1 Å². The lowest BCUT2D eigenvalue weighted by Gasteiger charge is -2.38. The van der Waals surface area contributed by atoms with Gasteiger partial charge in [0, 0.05) is 45.0 Å². The summed E-state index contributed by atoms with van der Waals surface area (Å²) in [7, 11) is -4.10. The quantitative estimate of drug-likeness (QED) is 0.0683. The van der Waals surface area contributed by atoms with Gasteiger partial charge in [0.25, 0.3) is 0 Å². The van der Waals surface area contributed by atoms with Crippen molar-refractivity contribution in [2.75, 3.05) is 10.6 Å². The van der Waals surface area contributed by atoms with Crippen molar-refractivity contribution in [3.8, 4) is 56.3 Å². The molecule has 4 heteroatoms. The first-order chi connectivity index (χ1) is 45.5. The Balaban J connectivity index is 0.869. The maximum absolute atomic E-state index is 4.13. The van der Waals surface area contributed by atoms with Crippen molar-refractivity contribution in [3.05, 3.63) is 254 Å². The van der Waals surface area contributed by atoms with E-state index in [1.807, 2.05) is 0 Å². The summed E-state index contributed by atoms with van der Waals surface area (Å²) in [5.41, 5.74) is 24.9. The minimum atomic E-state index is -2.05. The Morgan fingerprint density at radius 2 is 0.521 bits per heavy atom. The molecule has 0 unspecified atom stereocenters. The summed E-state index contributed by atoms with van der Waals surface area (Å²) in [6.07, 6.45) is 0. The van der Waals surface area contributed by atoms with Crippen LogP contribution in [0.5, 0.6) is 0 Å². The molecule has 0 radical (unpaired) electrons. The number of rotatable bonds is 13. The molecule has 0 heterocycles. The highest BCUT2D eigenvalue weighted by atomic mass is 28.3. The molecule has 0 spiro atoms. The number of hydrogen-bond donors (Lipinski definition) is 2. The summed E-state index contributed by atoms with van der Waals surface area (Å²) in [5, 5.41) is 27.4. The molecular formula is C90H84N2Si2. The second-order valence-electron chi connectivity index (χ2n) is 28.2. The Morgan fingerprint density at radius 3 is 0.840 bits per heavy atom. The average molecular weight is 1250 g/mol. The first kappa shape index (κ1) is 61.8. The standard InChI is InChI=1S/C90H84N2Si2/c1-57(2)93(58(3)4,59(5)6)51-49-77-75-33-21-23-35-79(75)87(83-55-69-29-15-13-27-67(69)53-81(77)83)65-37-43-71(44-38-65)91-85-47-41-63-25-17-19-31-73(63)89(85)90-74-32-20-18-26-64(74)42-48-86(90)92-72-45-39-66(40-46-72)88-80-36-24-22-34-76(80)78(50-52-94(60(7)8,61(9)10)62(11)12)82-54-68-28-14-16-30-70(68)56-84(82)88/h13-48,53-62,91-92H,1-12H3. The third-order valence-electron chi connectivity index (χ3n) is 21.3. The van der Waals surface area contributed by atoms with Crippen molar-refractivity contribution >= 4 is 125 Å². The van der Waals surface area contributed by atoms with Crippen molar-refractivity contribution < 1.29 is 0 Å². The molecule has 14 rings (SSSR count). The second kappa shape index (κ2) is 25.0. The Hall–Kier alpha value is -9.69. The highest BCUT2D eigenvalue weighted by Crippen LogP contribution is 2.49. The summed E-state index contributed by atoms with van der Waals surface area (Å²) in [6.45, 7) is 28.9. The van der Waals surface area contributed by atoms with E-state index in [4.69, 9.17) is 0 Å². The van der Waals surface area contributed by atoms with E-state index in [0.717, 1.165) is 45.0 Å². The third-order valence-corrected chi connectivity index (χ3v) is 33.9. The van der Waals surface area contributed by atoms with Crippen LogP contribution >= 0.6 is 0 Å². The van der Waals surface area contributed by atoms with Crippen molar-refractivity contribution in [2.24, 2.45) is 0 Å². The smallest absolute Gasteiger partial charge is 0.146 e. The van der Waals surface area contributed by atoms with Gasteiger partial charge in [0.15, 0.2) is 0 Å². The molecule has 0 fully saturated rings. The number of benzene rings is 14. The van der Waals surface area contributed by atoms with Gasteiger partial charge in [-0.25, -0.2) is 0 Å². The highest BCUT2D eigenvalue weighted by Gasteiger charge is 2.43. The summed E-state index contributed by atoms with van der Waals surface area (Å²) < 4.78 is 0. The zero-order chi connectivity index (χ0) is 65.2. The van der Waals surface area contributed by atoms with Gasteiger partial charge in [0.1, 0.15) is 16.1 Å². The van der Waals surface area contributed by atoms with E-state index in [0.29, 0.717) is 33.2 Å². The first-order valence-corrected chi connectivity index (χ1v) is 38.6. The van der Waals surface area contributed by atoms with E-state index in [-0.39, 0.29) is 0 Å². The molecule has 2 N–H and O–H groups in total. The molecule has 0 bridgehead atoms. The van der Waals surface area contributed by atoms with Crippen LogP contribution in [0.3, 0.4) is 0 Å². The maximum atomic E-state index is 4.13. The minimum absolute atomic E-state index is 0.532. The van der Waals surface area contributed by atoms with E-state index in [9.17, 15) is 0 Å². The molecule has 0 amide bonds. The normalized spacial score (nSPS) is 12.2. The second-order valence-corrected chi connectivity index (χ2v) is 39.4. The van der Waals surface area contributed by atoms with Crippen LogP contribution in [0.4, 0.5) is 22.7 Å². The van der Waals surface area contributed by atoms with Gasteiger partial charge in [-0.1, -0.05) is 277 Å². The SMILES string of the molecule is CC(C)[Si](C#Cc1c2ccccc2c(-c2ccc(Nc3ccc4ccccc4c3-c3c(Nc4ccc(-c5c6ccccc6c(C#C[Si](C(C)C)(C(C)C)C(C)C)c6cc7ccccc7cc56)cc4)ccc4ccccc34)cc2)c2cc3ccccc3cc12)(C(C)C)C(C)C. The molecular weight excluding hydrogens is 1170 g/mol. The fourth-order valence-corrected chi connectivity index (χ4v) is 27.3. The Kier molecular flexibility index (Phi) is 16.4. The van der Waals surface area contributed by atoms with Crippen LogP contribution < -0.4 is 10.6 Å². The van der Waals surface area contributed by atoms with Gasteiger partial charge in [-0.05, 0) is 202 Å². The largest absolute Gasteiger partial charge is 0.355 e.